The number of hydrogen-bond donors (Lipinski definition) is 1. The van der Waals surface area contributed by atoms with E-state index in [2.05, 4.69) is 5.32 Å². The lowest BCUT2D eigenvalue weighted by Gasteiger charge is -2.12. The second-order valence-electron chi connectivity index (χ2n) is 4.52. The highest BCUT2D eigenvalue weighted by molar-refractivity contribution is 5.94. The van der Waals surface area contributed by atoms with E-state index in [0.717, 1.165) is 11.3 Å². The maximum atomic E-state index is 12.0. The highest BCUT2D eigenvalue weighted by Gasteiger charge is 2.11. The van der Waals surface area contributed by atoms with E-state index in [-0.39, 0.29) is 11.9 Å². The molecule has 0 bridgehead atoms. The first-order valence-corrected chi connectivity index (χ1v) is 6.05. The minimum atomic E-state index is -0.0472. The molecule has 0 saturated heterocycles. The van der Waals surface area contributed by atoms with Gasteiger partial charge in [-0.25, -0.2) is 0 Å². The summed E-state index contributed by atoms with van der Waals surface area (Å²) in [6.07, 6.45) is 2.34. The van der Waals surface area contributed by atoms with Gasteiger partial charge >= 0.3 is 0 Å². The first kappa shape index (κ1) is 12.4. The van der Waals surface area contributed by atoms with E-state index >= 15 is 0 Å². The lowest BCUT2D eigenvalue weighted by atomic mass is 10.1. The first-order valence-electron chi connectivity index (χ1n) is 6.05. The summed E-state index contributed by atoms with van der Waals surface area (Å²) in [5.41, 5.74) is 1.84. The Morgan fingerprint density at radius 3 is 2.61 bits per heavy atom. The zero-order valence-electron chi connectivity index (χ0n) is 10.6. The molecule has 0 saturated carbocycles. The average molecular weight is 243 g/mol. The number of hydrogen-bond acceptors (Lipinski definition) is 2. The molecular weight excluding hydrogens is 226 g/mol. The second kappa shape index (κ2) is 5.54. The van der Waals surface area contributed by atoms with Crippen LogP contribution in [0.1, 0.15) is 28.6 Å². The van der Waals surface area contributed by atoms with Crippen LogP contribution in [-0.2, 0) is 6.42 Å². The van der Waals surface area contributed by atoms with Crippen molar-refractivity contribution in [2.75, 3.05) is 0 Å². The number of benzene rings is 1. The van der Waals surface area contributed by atoms with Crippen LogP contribution in [0.3, 0.4) is 0 Å². The molecule has 0 aliphatic heterocycles. The summed E-state index contributed by atoms with van der Waals surface area (Å²) < 4.78 is 5.26. The van der Waals surface area contributed by atoms with Gasteiger partial charge in [0.25, 0.3) is 5.91 Å². The molecule has 1 aromatic heterocycles. The fourth-order valence-corrected chi connectivity index (χ4v) is 1.79. The zero-order chi connectivity index (χ0) is 13.0. The smallest absolute Gasteiger partial charge is 0.251 e. The van der Waals surface area contributed by atoms with E-state index in [4.69, 9.17) is 4.42 Å². The molecule has 94 valence electrons. The summed E-state index contributed by atoms with van der Waals surface area (Å²) in [5.74, 6) is 0.834. The number of carbonyl (C=O) groups is 1. The molecule has 0 aliphatic rings. The average Bonchev–Trinajstić information content (AvgIpc) is 2.82. The standard InChI is InChI=1S/C15H17NO2/c1-11-5-7-13(8-6-11)15(17)16-12(2)10-14-4-3-9-18-14/h3-9,12H,10H2,1-2H3,(H,16,17). The van der Waals surface area contributed by atoms with Crippen molar-refractivity contribution in [3.05, 3.63) is 59.5 Å². The topological polar surface area (TPSA) is 42.2 Å². The van der Waals surface area contributed by atoms with Crippen LogP contribution in [0.25, 0.3) is 0 Å². The van der Waals surface area contributed by atoms with Crippen LogP contribution in [0.5, 0.6) is 0 Å². The van der Waals surface area contributed by atoms with E-state index in [1.807, 2.05) is 50.2 Å². The molecule has 0 fully saturated rings. The van der Waals surface area contributed by atoms with Crippen molar-refractivity contribution < 1.29 is 9.21 Å². The lowest BCUT2D eigenvalue weighted by Crippen LogP contribution is -2.33. The molecule has 2 aromatic rings. The van der Waals surface area contributed by atoms with Gasteiger partial charge in [0.05, 0.1) is 6.26 Å². The van der Waals surface area contributed by atoms with Crippen LogP contribution in [0, 0.1) is 6.92 Å². The Morgan fingerprint density at radius 2 is 2.00 bits per heavy atom. The molecule has 1 atom stereocenters. The summed E-state index contributed by atoms with van der Waals surface area (Å²) >= 11 is 0. The van der Waals surface area contributed by atoms with Gasteiger partial charge in [-0.2, -0.15) is 0 Å². The number of rotatable bonds is 4. The van der Waals surface area contributed by atoms with Crippen LogP contribution in [-0.4, -0.2) is 11.9 Å². The summed E-state index contributed by atoms with van der Waals surface area (Å²) in [4.78, 5) is 12.0. The zero-order valence-corrected chi connectivity index (χ0v) is 10.6. The van der Waals surface area contributed by atoms with Crippen molar-refractivity contribution >= 4 is 5.91 Å². The van der Waals surface area contributed by atoms with Crippen LogP contribution in [0.15, 0.2) is 47.1 Å². The Bertz CT molecular complexity index is 500. The predicted molar refractivity (Wildman–Crippen MR) is 70.5 cm³/mol. The van der Waals surface area contributed by atoms with Crippen molar-refractivity contribution in [1.29, 1.82) is 0 Å². The van der Waals surface area contributed by atoms with Crippen LogP contribution >= 0.6 is 0 Å². The Balaban J connectivity index is 1.92. The third kappa shape index (κ3) is 3.23. The molecule has 0 aliphatic carbocycles. The van der Waals surface area contributed by atoms with E-state index in [9.17, 15) is 4.79 Å². The van der Waals surface area contributed by atoms with Gasteiger partial charge in [-0.1, -0.05) is 17.7 Å². The van der Waals surface area contributed by atoms with E-state index in [0.29, 0.717) is 12.0 Å². The molecule has 18 heavy (non-hydrogen) atoms. The Labute approximate surface area is 107 Å². The highest BCUT2D eigenvalue weighted by Crippen LogP contribution is 2.06. The SMILES string of the molecule is Cc1ccc(C(=O)NC(C)Cc2ccco2)cc1. The fraction of sp³-hybridized carbons (Fsp3) is 0.267. The van der Waals surface area contributed by atoms with Crippen LogP contribution in [0.4, 0.5) is 0 Å². The summed E-state index contributed by atoms with van der Waals surface area (Å²) in [5, 5.41) is 2.95. The van der Waals surface area contributed by atoms with Gasteiger partial charge in [0.2, 0.25) is 0 Å². The lowest BCUT2D eigenvalue weighted by molar-refractivity contribution is 0.0939. The Morgan fingerprint density at radius 1 is 1.28 bits per heavy atom. The third-order valence-electron chi connectivity index (χ3n) is 2.78. The van der Waals surface area contributed by atoms with Gasteiger partial charge in [0.15, 0.2) is 0 Å². The van der Waals surface area contributed by atoms with Crippen molar-refractivity contribution in [3.8, 4) is 0 Å². The Kier molecular flexibility index (Phi) is 3.82. The van der Waals surface area contributed by atoms with Crippen LogP contribution < -0.4 is 5.32 Å². The first-order chi connectivity index (χ1) is 8.65. The van der Waals surface area contributed by atoms with Gasteiger partial charge in [-0.15, -0.1) is 0 Å². The Hall–Kier alpha value is -2.03. The van der Waals surface area contributed by atoms with Crippen molar-refractivity contribution in [3.63, 3.8) is 0 Å². The molecule has 1 N–H and O–H groups in total. The second-order valence-corrected chi connectivity index (χ2v) is 4.52. The number of amides is 1. The van der Waals surface area contributed by atoms with E-state index in [1.54, 1.807) is 6.26 Å². The molecule has 1 heterocycles. The van der Waals surface area contributed by atoms with E-state index < -0.39 is 0 Å². The number of aryl methyl sites for hydroxylation is 1. The minimum absolute atomic E-state index is 0.0463. The fourth-order valence-electron chi connectivity index (χ4n) is 1.79. The van der Waals surface area contributed by atoms with Gasteiger partial charge in [-0.3, -0.25) is 4.79 Å². The minimum Gasteiger partial charge on any atom is -0.469 e. The quantitative estimate of drug-likeness (QED) is 0.897. The van der Waals surface area contributed by atoms with Gasteiger partial charge in [0, 0.05) is 18.0 Å². The van der Waals surface area contributed by atoms with Gasteiger partial charge < -0.3 is 9.73 Å². The third-order valence-corrected chi connectivity index (χ3v) is 2.78. The van der Waals surface area contributed by atoms with Crippen molar-refractivity contribution in [2.45, 2.75) is 26.3 Å². The van der Waals surface area contributed by atoms with Crippen LogP contribution in [0.2, 0.25) is 0 Å². The summed E-state index contributed by atoms with van der Waals surface area (Å²) in [6.45, 7) is 3.97. The monoisotopic (exact) mass is 243 g/mol. The van der Waals surface area contributed by atoms with Gasteiger partial charge in [-0.05, 0) is 38.1 Å². The molecule has 1 unspecified atom stereocenters. The molecule has 3 heteroatoms. The molecule has 0 spiro atoms. The maximum absolute atomic E-state index is 12.0. The number of nitrogens with one attached hydrogen (secondary N) is 1. The number of furan rings is 1. The molecular formula is C15H17NO2. The molecule has 0 radical (unpaired) electrons. The summed E-state index contributed by atoms with van der Waals surface area (Å²) in [6, 6.07) is 11.4. The predicted octanol–water partition coefficient (Wildman–Crippen LogP) is 2.95. The molecule has 3 nitrogen and oxygen atoms in total. The number of carbonyl (C=O) groups excluding carboxylic acids is 1. The molecule has 2 rings (SSSR count). The highest BCUT2D eigenvalue weighted by atomic mass is 16.3. The molecule has 1 amide bonds. The van der Waals surface area contributed by atoms with Crippen molar-refractivity contribution in [2.24, 2.45) is 0 Å². The van der Waals surface area contributed by atoms with Crippen molar-refractivity contribution in [1.82, 2.24) is 5.32 Å². The maximum Gasteiger partial charge on any atom is 0.251 e. The molecule has 1 aromatic carbocycles. The normalized spacial score (nSPS) is 12.1. The van der Waals surface area contributed by atoms with E-state index in [1.165, 1.54) is 0 Å². The summed E-state index contributed by atoms with van der Waals surface area (Å²) in [7, 11) is 0. The van der Waals surface area contributed by atoms with Gasteiger partial charge in [0.1, 0.15) is 5.76 Å². The largest absolute Gasteiger partial charge is 0.469 e.